The maximum absolute atomic E-state index is 13.0. The van der Waals surface area contributed by atoms with Crippen molar-refractivity contribution in [3.8, 4) is 11.4 Å². The highest BCUT2D eigenvalue weighted by atomic mass is 16.3. The van der Waals surface area contributed by atoms with Gasteiger partial charge in [-0.2, -0.15) is 5.10 Å². The number of piperidine rings is 1. The quantitative estimate of drug-likeness (QED) is 0.627. The molecule has 3 aromatic rings. The van der Waals surface area contributed by atoms with Crippen LogP contribution in [-0.4, -0.2) is 59.0 Å². The molecular weight excluding hydrogens is 422 g/mol. The molecule has 1 saturated carbocycles. The van der Waals surface area contributed by atoms with Gasteiger partial charge in [-0.15, -0.1) is 0 Å². The zero-order valence-electron chi connectivity index (χ0n) is 19.4. The first-order valence-corrected chi connectivity index (χ1v) is 11.5. The zero-order chi connectivity index (χ0) is 23.8. The summed E-state index contributed by atoms with van der Waals surface area (Å²) in [5.41, 5.74) is -0.580. The third kappa shape index (κ3) is 4.37. The Labute approximate surface area is 192 Å². The summed E-state index contributed by atoms with van der Waals surface area (Å²) < 4.78 is 2.91. The summed E-state index contributed by atoms with van der Waals surface area (Å²) in [6, 6.07) is 6.55. The number of aliphatic hydroxyl groups is 1. The van der Waals surface area contributed by atoms with E-state index in [1.54, 1.807) is 24.3 Å². The zero-order valence-corrected chi connectivity index (χ0v) is 19.4. The standard InChI is InChI=1S/C22H25N5O4.C2H6/c1-21(5-6-21)20(30)25-9-7-22(31,8-10-25)13-26-14-23-18-17(19(26)29)12-24-27(18)15-3-2-4-16(28)11-15;1-2/h2-4,11-12,14,28,31H,5-10,13H2,1H3;1-2H3. The maximum Gasteiger partial charge on any atom is 0.264 e. The first-order valence-electron chi connectivity index (χ1n) is 11.5. The molecule has 0 spiro atoms. The summed E-state index contributed by atoms with van der Waals surface area (Å²) in [7, 11) is 0. The fraction of sp³-hybridized carbons (Fsp3) is 0.500. The Balaban J connectivity index is 0.00000126. The predicted octanol–water partition coefficient (Wildman–Crippen LogP) is 2.47. The first-order chi connectivity index (χ1) is 15.8. The molecule has 1 saturated heterocycles. The molecule has 0 bridgehead atoms. The van der Waals surface area contributed by atoms with Gasteiger partial charge >= 0.3 is 0 Å². The SMILES string of the molecule is CC.CC1(C(=O)N2CCC(O)(Cn3cnc4c(cnn4-c4cccc(O)c4)c3=O)CC2)CC1. The molecular formula is C24H31N5O4. The normalized spacial score (nSPS) is 18.5. The summed E-state index contributed by atoms with van der Waals surface area (Å²) in [6.07, 6.45) is 5.58. The van der Waals surface area contributed by atoms with Crippen LogP contribution < -0.4 is 5.56 Å². The molecule has 2 fully saturated rings. The number of rotatable bonds is 4. The minimum atomic E-state index is -1.07. The van der Waals surface area contributed by atoms with Crippen LogP contribution in [0.4, 0.5) is 0 Å². The number of amides is 1. The van der Waals surface area contributed by atoms with Crippen LogP contribution >= 0.6 is 0 Å². The Kier molecular flexibility index (Phi) is 6.00. The number of phenols is 1. The molecule has 2 aliphatic rings. The molecule has 2 N–H and O–H groups in total. The number of likely N-dealkylation sites (tertiary alicyclic amines) is 1. The summed E-state index contributed by atoms with van der Waals surface area (Å²) in [6.45, 7) is 7.09. The van der Waals surface area contributed by atoms with E-state index in [1.807, 2.05) is 25.7 Å². The number of carbonyl (C=O) groups excluding carboxylic acids is 1. The third-order valence-corrected chi connectivity index (χ3v) is 6.59. The molecule has 0 unspecified atom stereocenters. The van der Waals surface area contributed by atoms with Gasteiger partial charge in [0.05, 0.1) is 24.0 Å². The lowest BCUT2D eigenvalue weighted by molar-refractivity contribution is -0.141. The molecule has 1 aliphatic carbocycles. The monoisotopic (exact) mass is 453 g/mol. The van der Waals surface area contributed by atoms with Crippen molar-refractivity contribution in [3.63, 3.8) is 0 Å². The molecule has 1 amide bonds. The molecule has 9 nitrogen and oxygen atoms in total. The lowest BCUT2D eigenvalue weighted by atomic mass is 9.90. The first kappa shape index (κ1) is 23.0. The molecule has 5 rings (SSSR count). The van der Waals surface area contributed by atoms with Crippen LogP contribution in [0.2, 0.25) is 0 Å². The van der Waals surface area contributed by atoms with Crippen molar-refractivity contribution < 1.29 is 15.0 Å². The van der Waals surface area contributed by atoms with Crippen LogP contribution in [-0.2, 0) is 11.3 Å². The second kappa shape index (κ2) is 8.62. The Morgan fingerprint density at radius 1 is 1.15 bits per heavy atom. The maximum atomic E-state index is 13.0. The number of aromatic hydroxyl groups is 1. The number of hydrogen-bond acceptors (Lipinski definition) is 6. The minimum absolute atomic E-state index is 0.0946. The van der Waals surface area contributed by atoms with E-state index in [4.69, 9.17) is 0 Å². The van der Waals surface area contributed by atoms with E-state index >= 15 is 0 Å². The Hall–Kier alpha value is -3.20. The highest BCUT2D eigenvalue weighted by Crippen LogP contribution is 2.47. The van der Waals surface area contributed by atoms with Gasteiger partial charge in [0.15, 0.2) is 5.65 Å². The predicted molar refractivity (Wildman–Crippen MR) is 124 cm³/mol. The highest BCUT2D eigenvalue weighted by molar-refractivity contribution is 5.85. The van der Waals surface area contributed by atoms with Crippen molar-refractivity contribution in [2.24, 2.45) is 5.41 Å². The second-order valence-corrected chi connectivity index (χ2v) is 9.07. The summed E-state index contributed by atoms with van der Waals surface area (Å²) >= 11 is 0. The van der Waals surface area contributed by atoms with Crippen LogP contribution in [0.25, 0.3) is 16.7 Å². The number of fused-ring (bicyclic) bond motifs is 1. The number of aromatic nitrogens is 4. The number of hydrogen-bond donors (Lipinski definition) is 2. The molecule has 176 valence electrons. The highest BCUT2D eigenvalue weighted by Gasteiger charge is 2.48. The van der Waals surface area contributed by atoms with Gasteiger partial charge < -0.3 is 15.1 Å². The fourth-order valence-electron chi connectivity index (χ4n) is 4.26. The van der Waals surface area contributed by atoms with Crippen molar-refractivity contribution in [3.05, 3.63) is 47.1 Å². The largest absolute Gasteiger partial charge is 0.508 e. The Morgan fingerprint density at radius 3 is 2.48 bits per heavy atom. The van der Waals surface area contributed by atoms with E-state index < -0.39 is 5.60 Å². The van der Waals surface area contributed by atoms with Gasteiger partial charge in [-0.05, 0) is 37.8 Å². The summed E-state index contributed by atoms with van der Waals surface area (Å²) in [5.74, 6) is 0.270. The average Bonchev–Trinajstić information content (AvgIpc) is 3.41. The van der Waals surface area contributed by atoms with Crippen LogP contribution in [0.3, 0.4) is 0 Å². The van der Waals surface area contributed by atoms with Crippen LogP contribution in [0, 0.1) is 5.41 Å². The molecule has 0 atom stereocenters. The number of benzene rings is 1. The average molecular weight is 454 g/mol. The van der Waals surface area contributed by atoms with Crippen molar-refractivity contribution in [1.29, 1.82) is 0 Å². The molecule has 0 radical (unpaired) electrons. The van der Waals surface area contributed by atoms with Crippen LogP contribution in [0.1, 0.15) is 46.5 Å². The Morgan fingerprint density at radius 2 is 1.85 bits per heavy atom. The van der Waals surface area contributed by atoms with Gasteiger partial charge in [-0.1, -0.05) is 26.8 Å². The van der Waals surface area contributed by atoms with Crippen molar-refractivity contribution in [1.82, 2.24) is 24.2 Å². The smallest absolute Gasteiger partial charge is 0.264 e. The van der Waals surface area contributed by atoms with Gasteiger partial charge in [0.2, 0.25) is 5.91 Å². The lowest BCUT2D eigenvalue weighted by Gasteiger charge is -2.39. The topological polar surface area (TPSA) is 113 Å². The fourth-order valence-corrected chi connectivity index (χ4v) is 4.26. The van der Waals surface area contributed by atoms with Gasteiger partial charge in [0, 0.05) is 24.6 Å². The van der Waals surface area contributed by atoms with Crippen molar-refractivity contribution >= 4 is 16.9 Å². The van der Waals surface area contributed by atoms with Gasteiger partial charge in [0.1, 0.15) is 17.5 Å². The van der Waals surface area contributed by atoms with E-state index in [0.717, 1.165) is 12.8 Å². The van der Waals surface area contributed by atoms with Crippen LogP contribution in [0.15, 0.2) is 41.6 Å². The van der Waals surface area contributed by atoms with Crippen LogP contribution in [0.5, 0.6) is 5.75 Å². The van der Waals surface area contributed by atoms with E-state index in [1.165, 1.54) is 21.8 Å². The van der Waals surface area contributed by atoms with Crippen molar-refractivity contribution in [2.75, 3.05) is 13.1 Å². The minimum Gasteiger partial charge on any atom is -0.508 e. The number of carbonyl (C=O) groups is 1. The van der Waals surface area contributed by atoms with E-state index in [0.29, 0.717) is 42.7 Å². The van der Waals surface area contributed by atoms with Gasteiger partial charge in [-0.3, -0.25) is 14.2 Å². The molecule has 3 heterocycles. The third-order valence-electron chi connectivity index (χ3n) is 6.59. The second-order valence-electron chi connectivity index (χ2n) is 9.07. The lowest BCUT2D eigenvalue weighted by Crippen LogP contribution is -2.51. The molecule has 33 heavy (non-hydrogen) atoms. The molecule has 1 aromatic carbocycles. The number of phenolic OH excluding ortho intramolecular Hbond substituents is 1. The van der Waals surface area contributed by atoms with Gasteiger partial charge in [-0.25, -0.2) is 9.67 Å². The molecule has 2 aromatic heterocycles. The summed E-state index contributed by atoms with van der Waals surface area (Å²) in [5, 5.41) is 25.4. The Bertz CT molecular complexity index is 1220. The number of nitrogens with zero attached hydrogens (tertiary/aromatic N) is 5. The molecule has 9 heteroatoms. The van der Waals surface area contributed by atoms with Gasteiger partial charge in [0.25, 0.3) is 5.56 Å². The van der Waals surface area contributed by atoms with E-state index in [9.17, 15) is 19.8 Å². The van der Waals surface area contributed by atoms with E-state index in [-0.39, 0.29) is 29.2 Å². The molecule has 1 aliphatic heterocycles. The van der Waals surface area contributed by atoms with Crippen molar-refractivity contribution in [2.45, 2.75) is 58.6 Å². The summed E-state index contributed by atoms with van der Waals surface area (Å²) in [4.78, 5) is 31.8. The van der Waals surface area contributed by atoms with E-state index in [2.05, 4.69) is 10.1 Å².